The van der Waals surface area contributed by atoms with Gasteiger partial charge < -0.3 is 4.90 Å². The van der Waals surface area contributed by atoms with Gasteiger partial charge in [-0.25, -0.2) is 0 Å². The Morgan fingerprint density at radius 3 is 2.80 bits per heavy atom. The predicted molar refractivity (Wildman–Crippen MR) is 81.9 cm³/mol. The van der Waals surface area contributed by atoms with E-state index in [1.165, 1.54) is 25.7 Å². The Labute approximate surface area is 122 Å². The van der Waals surface area contributed by atoms with Crippen LogP contribution in [0.15, 0.2) is 24.4 Å². The van der Waals surface area contributed by atoms with Crippen LogP contribution < -0.4 is 0 Å². The van der Waals surface area contributed by atoms with E-state index in [-0.39, 0.29) is 0 Å². The highest BCUT2D eigenvalue weighted by atomic mass is 16.2. The van der Waals surface area contributed by atoms with Gasteiger partial charge in [0.15, 0.2) is 0 Å². The fourth-order valence-electron chi connectivity index (χ4n) is 3.87. The lowest BCUT2D eigenvalue weighted by Crippen LogP contribution is -2.31. The lowest BCUT2D eigenvalue weighted by molar-refractivity contribution is -0.130. The second-order valence-electron chi connectivity index (χ2n) is 7.38. The predicted octanol–water partition coefficient (Wildman–Crippen LogP) is 4.14. The lowest BCUT2D eigenvalue weighted by Gasteiger charge is -2.29. The summed E-state index contributed by atoms with van der Waals surface area (Å²) in [6.07, 6.45) is 11.5. The van der Waals surface area contributed by atoms with Crippen molar-refractivity contribution < 1.29 is 4.79 Å². The fourth-order valence-corrected chi connectivity index (χ4v) is 3.87. The summed E-state index contributed by atoms with van der Waals surface area (Å²) in [7, 11) is 0. The molecule has 0 N–H and O–H groups in total. The zero-order valence-electron chi connectivity index (χ0n) is 12.9. The highest BCUT2D eigenvalue weighted by molar-refractivity contribution is 5.81. The van der Waals surface area contributed by atoms with Crippen LogP contribution in [0.3, 0.4) is 0 Å². The second kappa shape index (κ2) is 5.05. The molecule has 0 bridgehead atoms. The van der Waals surface area contributed by atoms with Crippen LogP contribution in [-0.4, -0.2) is 17.4 Å². The molecule has 2 saturated carbocycles. The Morgan fingerprint density at radius 2 is 2.25 bits per heavy atom. The van der Waals surface area contributed by atoms with E-state index in [1.807, 2.05) is 4.90 Å². The Balaban J connectivity index is 1.57. The largest absolute Gasteiger partial charge is 0.319 e. The Kier molecular flexibility index (Phi) is 3.51. The number of allylic oxidation sites excluding steroid dienone is 2. The maximum atomic E-state index is 12.2. The standard InChI is InChI=1S/C18H27NO/c1-4-19(17(20)14-7-8-14)12-16-11-18(16,3)15-9-5-13(2)6-10-15/h4-5,14-16H,1,6-12H2,2-3H3. The van der Waals surface area contributed by atoms with Gasteiger partial charge in [-0.15, -0.1) is 0 Å². The highest BCUT2D eigenvalue weighted by Crippen LogP contribution is 2.61. The molecule has 3 aliphatic carbocycles. The average Bonchev–Trinajstić information content (AvgIpc) is 3.33. The number of hydrogen-bond donors (Lipinski definition) is 0. The number of hydrogen-bond acceptors (Lipinski definition) is 1. The van der Waals surface area contributed by atoms with Crippen LogP contribution in [0.25, 0.3) is 0 Å². The molecule has 0 saturated heterocycles. The molecule has 110 valence electrons. The number of amides is 1. The molecule has 0 radical (unpaired) electrons. The van der Waals surface area contributed by atoms with Gasteiger partial charge in [0.1, 0.15) is 0 Å². The van der Waals surface area contributed by atoms with Crippen molar-refractivity contribution >= 4 is 5.91 Å². The van der Waals surface area contributed by atoms with E-state index in [2.05, 4.69) is 26.5 Å². The number of nitrogens with zero attached hydrogens (tertiary/aromatic N) is 1. The zero-order chi connectivity index (χ0) is 14.3. The first-order valence-corrected chi connectivity index (χ1v) is 8.13. The maximum absolute atomic E-state index is 12.2. The van der Waals surface area contributed by atoms with E-state index < -0.39 is 0 Å². The van der Waals surface area contributed by atoms with Crippen molar-refractivity contribution in [2.45, 2.75) is 52.4 Å². The van der Waals surface area contributed by atoms with Crippen molar-refractivity contribution in [2.24, 2.45) is 23.2 Å². The summed E-state index contributed by atoms with van der Waals surface area (Å²) in [6, 6.07) is 0. The minimum atomic E-state index is 0.304. The van der Waals surface area contributed by atoms with Crippen LogP contribution in [0.1, 0.15) is 52.4 Å². The third-order valence-electron chi connectivity index (χ3n) is 5.88. The van der Waals surface area contributed by atoms with Crippen LogP contribution in [0.4, 0.5) is 0 Å². The third-order valence-corrected chi connectivity index (χ3v) is 5.88. The van der Waals surface area contributed by atoms with E-state index in [0.717, 1.165) is 25.3 Å². The number of rotatable bonds is 5. The average molecular weight is 273 g/mol. The molecule has 0 heterocycles. The van der Waals surface area contributed by atoms with Gasteiger partial charge in [0.2, 0.25) is 5.91 Å². The Bertz CT molecular complexity index is 448. The molecule has 2 nitrogen and oxygen atoms in total. The number of carbonyl (C=O) groups excluding carboxylic acids is 1. The number of carbonyl (C=O) groups is 1. The van der Waals surface area contributed by atoms with E-state index in [1.54, 1.807) is 11.8 Å². The first kappa shape index (κ1) is 13.9. The van der Waals surface area contributed by atoms with Crippen molar-refractivity contribution in [1.82, 2.24) is 4.90 Å². The Hall–Kier alpha value is -1.05. The van der Waals surface area contributed by atoms with E-state index >= 15 is 0 Å². The summed E-state index contributed by atoms with van der Waals surface area (Å²) >= 11 is 0. The monoisotopic (exact) mass is 273 g/mol. The molecule has 2 heteroatoms. The first-order chi connectivity index (χ1) is 9.54. The van der Waals surface area contributed by atoms with Crippen molar-refractivity contribution in [3.8, 4) is 0 Å². The van der Waals surface area contributed by atoms with Crippen LogP contribution in [0, 0.1) is 23.2 Å². The maximum Gasteiger partial charge on any atom is 0.229 e. The molecule has 0 aromatic heterocycles. The fraction of sp³-hybridized carbons (Fsp3) is 0.722. The summed E-state index contributed by atoms with van der Waals surface area (Å²) in [6.45, 7) is 9.41. The van der Waals surface area contributed by atoms with Gasteiger partial charge in [0.25, 0.3) is 0 Å². The molecule has 2 fully saturated rings. The summed E-state index contributed by atoms with van der Waals surface area (Å²) in [5.41, 5.74) is 2.01. The van der Waals surface area contributed by atoms with Gasteiger partial charge in [-0.3, -0.25) is 4.79 Å². The van der Waals surface area contributed by atoms with Crippen molar-refractivity contribution in [3.63, 3.8) is 0 Å². The molecule has 20 heavy (non-hydrogen) atoms. The third kappa shape index (κ3) is 2.57. The van der Waals surface area contributed by atoms with Crippen LogP contribution in [0.5, 0.6) is 0 Å². The van der Waals surface area contributed by atoms with E-state index in [4.69, 9.17) is 0 Å². The molecular weight excluding hydrogens is 246 g/mol. The lowest BCUT2D eigenvalue weighted by atomic mass is 9.78. The summed E-state index contributed by atoms with van der Waals surface area (Å²) in [5.74, 6) is 2.12. The molecule has 0 aromatic carbocycles. The molecule has 3 rings (SSSR count). The quantitative estimate of drug-likeness (QED) is 0.689. The summed E-state index contributed by atoms with van der Waals surface area (Å²) < 4.78 is 0. The SMILES string of the molecule is C=CN(CC1CC1(C)C1CC=C(C)CC1)C(=O)C1CC1. The molecule has 0 spiro atoms. The van der Waals surface area contributed by atoms with Gasteiger partial charge in [-0.05, 0) is 68.9 Å². The van der Waals surface area contributed by atoms with Gasteiger partial charge in [0, 0.05) is 12.5 Å². The van der Waals surface area contributed by atoms with Gasteiger partial charge in [-0.2, -0.15) is 0 Å². The molecule has 0 aromatic rings. The van der Waals surface area contributed by atoms with Gasteiger partial charge >= 0.3 is 0 Å². The van der Waals surface area contributed by atoms with Crippen LogP contribution >= 0.6 is 0 Å². The zero-order valence-corrected chi connectivity index (χ0v) is 12.9. The van der Waals surface area contributed by atoms with Crippen LogP contribution in [0.2, 0.25) is 0 Å². The molecular formula is C18H27NO. The minimum absolute atomic E-state index is 0.304. The van der Waals surface area contributed by atoms with E-state index in [0.29, 0.717) is 23.2 Å². The molecule has 3 unspecified atom stereocenters. The Morgan fingerprint density at radius 1 is 1.50 bits per heavy atom. The van der Waals surface area contributed by atoms with Crippen molar-refractivity contribution in [1.29, 1.82) is 0 Å². The highest BCUT2D eigenvalue weighted by Gasteiger charge is 2.55. The smallest absolute Gasteiger partial charge is 0.229 e. The summed E-state index contributed by atoms with van der Waals surface area (Å²) in [4.78, 5) is 14.1. The second-order valence-corrected chi connectivity index (χ2v) is 7.38. The minimum Gasteiger partial charge on any atom is -0.319 e. The van der Waals surface area contributed by atoms with Gasteiger partial charge in [-0.1, -0.05) is 25.2 Å². The van der Waals surface area contributed by atoms with Crippen LogP contribution in [-0.2, 0) is 4.79 Å². The molecule has 0 aliphatic heterocycles. The molecule has 3 atom stereocenters. The first-order valence-electron chi connectivity index (χ1n) is 8.13. The molecule has 3 aliphatic rings. The summed E-state index contributed by atoms with van der Waals surface area (Å²) in [5, 5.41) is 0. The topological polar surface area (TPSA) is 20.3 Å². The van der Waals surface area contributed by atoms with E-state index in [9.17, 15) is 4.79 Å². The normalized spacial score (nSPS) is 36.2. The van der Waals surface area contributed by atoms with Crippen molar-refractivity contribution in [2.75, 3.05) is 6.54 Å². The van der Waals surface area contributed by atoms with Gasteiger partial charge in [0.05, 0.1) is 0 Å². The van der Waals surface area contributed by atoms with Crippen molar-refractivity contribution in [3.05, 3.63) is 24.4 Å². The molecule has 1 amide bonds.